The zero-order valence-corrected chi connectivity index (χ0v) is 11.7. The van der Waals surface area contributed by atoms with E-state index in [2.05, 4.69) is 18.7 Å². The van der Waals surface area contributed by atoms with Gasteiger partial charge in [0, 0.05) is 16.8 Å². The van der Waals surface area contributed by atoms with E-state index >= 15 is 0 Å². The molecule has 0 aliphatic rings. The second-order valence-corrected chi connectivity index (χ2v) is 5.33. The predicted molar refractivity (Wildman–Crippen MR) is 73.3 cm³/mol. The molecule has 92 valence electrons. The SMILES string of the molecule is CCCN(CCC)C(CN)c1cc(Cl)cs1. The Morgan fingerprint density at radius 1 is 1.38 bits per heavy atom. The maximum Gasteiger partial charge on any atom is 0.0564 e. The third kappa shape index (κ3) is 3.74. The fraction of sp³-hybridized carbons (Fsp3) is 0.667. The first-order valence-electron chi connectivity index (χ1n) is 5.90. The highest BCUT2D eigenvalue weighted by Gasteiger charge is 2.19. The van der Waals surface area contributed by atoms with Crippen molar-refractivity contribution in [3.63, 3.8) is 0 Å². The van der Waals surface area contributed by atoms with Crippen LogP contribution in [0.5, 0.6) is 0 Å². The van der Waals surface area contributed by atoms with E-state index in [1.165, 1.54) is 4.88 Å². The number of thiophene rings is 1. The first-order valence-corrected chi connectivity index (χ1v) is 7.16. The van der Waals surface area contributed by atoms with Crippen LogP contribution in [-0.4, -0.2) is 24.5 Å². The Labute approximate surface area is 107 Å². The zero-order valence-electron chi connectivity index (χ0n) is 10.1. The van der Waals surface area contributed by atoms with E-state index in [4.69, 9.17) is 17.3 Å². The molecule has 0 aliphatic carbocycles. The second-order valence-electron chi connectivity index (χ2n) is 3.95. The number of nitrogens with zero attached hydrogens (tertiary/aromatic N) is 1. The van der Waals surface area contributed by atoms with Crippen molar-refractivity contribution >= 4 is 22.9 Å². The lowest BCUT2D eigenvalue weighted by atomic mass is 10.2. The summed E-state index contributed by atoms with van der Waals surface area (Å²) in [5.74, 6) is 0. The number of hydrogen-bond acceptors (Lipinski definition) is 3. The first kappa shape index (κ1) is 14.0. The highest BCUT2D eigenvalue weighted by Crippen LogP contribution is 2.28. The number of rotatable bonds is 7. The third-order valence-electron chi connectivity index (χ3n) is 2.60. The van der Waals surface area contributed by atoms with E-state index in [9.17, 15) is 0 Å². The summed E-state index contributed by atoms with van der Waals surface area (Å²) in [6.45, 7) is 7.28. The normalized spacial score (nSPS) is 13.3. The molecule has 2 N–H and O–H groups in total. The predicted octanol–water partition coefficient (Wildman–Crippen LogP) is 3.52. The van der Waals surface area contributed by atoms with Gasteiger partial charge >= 0.3 is 0 Å². The Balaban J connectivity index is 2.76. The van der Waals surface area contributed by atoms with Gasteiger partial charge in [-0.3, -0.25) is 4.90 Å². The minimum Gasteiger partial charge on any atom is -0.329 e. The van der Waals surface area contributed by atoms with Crippen LogP contribution in [0.4, 0.5) is 0 Å². The van der Waals surface area contributed by atoms with Gasteiger partial charge in [0.25, 0.3) is 0 Å². The molecule has 1 aromatic heterocycles. The smallest absolute Gasteiger partial charge is 0.0564 e. The molecule has 0 amide bonds. The van der Waals surface area contributed by atoms with Gasteiger partial charge in [0.2, 0.25) is 0 Å². The van der Waals surface area contributed by atoms with Gasteiger partial charge < -0.3 is 5.73 Å². The third-order valence-corrected chi connectivity index (χ3v) is 3.98. The highest BCUT2D eigenvalue weighted by atomic mass is 35.5. The van der Waals surface area contributed by atoms with Crippen molar-refractivity contribution in [2.75, 3.05) is 19.6 Å². The molecule has 0 fully saturated rings. The molecule has 1 atom stereocenters. The van der Waals surface area contributed by atoms with Crippen molar-refractivity contribution in [3.8, 4) is 0 Å². The lowest BCUT2D eigenvalue weighted by Gasteiger charge is -2.29. The van der Waals surface area contributed by atoms with Gasteiger partial charge in [-0.15, -0.1) is 11.3 Å². The van der Waals surface area contributed by atoms with E-state index in [1.54, 1.807) is 11.3 Å². The molecule has 16 heavy (non-hydrogen) atoms. The van der Waals surface area contributed by atoms with E-state index in [0.717, 1.165) is 31.0 Å². The fourth-order valence-corrected chi connectivity index (χ4v) is 3.18. The van der Waals surface area contributed by atoms with Gasteiger partial charge in [-0.25, -0.2) is 0 Å². The standard InChI is InChI=1S/C12H21ClN2S/c1-3-5-15(6-4-2)11(8-14)12-7-10(13)9-16-12/h7,9,11H,3-6,8,14H2,1-2H3. The average molecular weight is 261 g/mol. The molecule has 1 unspecified atom stereocenters. The van der Waals surface area contributed by atoms with Gasteiger partial charge in [-0.05, 0) is 32.0 Å². The maximum atomic E-state index is 5.97. The summed E-state index contributed by atoms with van der Waals surface area (Å²) in [7, 11) is 0. The van der Waals surface area contributed by atoms with Crippen LogP contribution in [-0.2, 0) is 0 Å². The molecule has 0 aliphatic heterocycles. The lowest BCUT2D eigenvalue weighted by Crippen LogP contribution is -2.34. The van der Waals surface area contributed by atoms with Crippen LogP contribution in [0.15, 0.2) is 11.4 Å². The van der Waals surface area contributed by atoms with Crippen molar-refractivity contribution in [1.82, 2.24) is 4.90 Å². The van der Waals surface area contributed by atoms with Crippen LogP contribution in [0.1, 0.15) is 37.6 Å². The molecular weight excluding hydrogens is 240 g/mol. The molecule has 4 heteroatoms. The fourth-order valence-electron chi connectivity index (χ4n) is 1.95. The average Bonchev–Trinajstić information content (AvgIpc) is 2.67. The van der Waals surface area contributed by atoms with Crippen LogP contribution in [0.2, 0.25) is 5.02 Å². The Bertz CT molecular complexity index is 295. The van der Waals surface area contributed by atoms with E-state index in [0.29, 0.717) is 12.6 Å². The minimum atomic E-state index is 0.331. The Hall–Kier alpha value is -0.0900. The molecule has 0 spiro atoms. The molecule has 2 nitrogen and oxygen atoms in total. The molecule has 0 bridgehead atoms. The summed E-state index contributed by atoms with van der Waals surface area (Å²) < 4.78 is 0. The lowest BCUT2D eigenvalue weighted by molar-refractivity contribution is 0.205. The zero-order chi connectivity index (χ0) is 12.0. The van der Waals surface area contributed by atoms with Crippen molar-refractivity contribution < 1.29 is 0 Å². The summed E-state index contributed by atoms with van der Waals surface area (Å²) in [5.41, 5.74) is 5.90. The van der Waals surface area contributed by atoms with Crippen molar-refractivity contribution in [2.24, 2.45) is 5.73 Å². The Morgan fingerprint density at radius 3 is 2.38 bits per heavy atom. The summed E-state index contributed by atoms with van der Waals surface area (Å²) in [4.78, 5) is 3.75. The van der Waals surface area contributed by atoms with Gasteiger partial charge in [-0.2, -0.15) is 0 Å². The monoisotopic (exact) mass is 260 g/mol. The van der Waals surface area contributed by atoms with Gasteiger partial charge in [0.15, 0.2) is 0 Å². The second kappa shape index (κ2) is 7.28. The van der Waals surface area contributed by atoms with Crippen molar-refractivity contribution in [2.45, 2.75) is 32.7 Å². The van der Waals surface area contributed by atoms with Crippen LogP contribution < -0.4 is 5.73 Å². The van der Waals surface area contributed by atoms with Crippen LogP contribution in [0, 0.1) is 0 Å². The largest absolute Gasteiger partial charge is 0.329 e. The van der Waals surface area contributed by atoms with Gasteiger partial charge in [0.05, 0.1) is 11.1 Å². The van der Waals surface area contributed by atoms with E-state index in [-0.39, 0.29) is 0 Å². The molecule has 1 heterocycles. The molecule has 0 radical (unpaired) electrons. The minimum absolute atomic E-state index is 0.331. The summed E-state index contributed by atoms with van der Waals surface area (Å²) >= 11 is 7.68. The number of halogens is 1. The molecule has 1 aromatic rings. The summed E-state index contributed by atoms with van der Waals surface area (Å²) in [5, 5.41) is 2.81. The van der Waals surface area contributed by atoms with E-state index in [1.807, 2.05) is 11.4 Å². The number of nitrogens with two attached hydrogens (primary N) is 1. The Kier molecular flexibility index (Phi) is 6.36. The van der Waals surface area contributed by atoms with Crippen molar-refractivity contribution in [1.29, 1.82) is 0 Å². The molecular formula is C12H21ClN2S. The summed E-state index contributed by atoms with van der Waals surface area (Å²) in [6, 6.07) is 2.37. The van der Waals surface area contributed by atoms with E-state index < -0.39 is 0 Å². The Morgan fingerprint density at radius 2 is 2.00 bits per heavy atom. The van der Waals surface area contributed by atoms with Crippen LogP contribution in [0.25, 0.3) is 0 Å². The van der Waals surface area contributed by atoms with Gasteiger partial charge in [-0.1, -0.05) is 25.4 Å². The number of hydrogen-bond donors (Lipinski definition) is 1. The van der Waals surface area contributed by atoms with Crippen LogP contribution in [0.3, 0.4) is 0 Å². The van der Waals surface area contributed by atoms with Crippen LogP contribution >= 0.6 is 22.9 Å². The molecule has 0 saturated carbocycles. The summed E-state index contributed by atoms with van der Waals surface area (Å²) in [6.07, 6.45) is 2.32. The molecule has 0 saturated heterocycles. The van der Waals surface area contributed by atoms with Gasteiger partial charge in [0.1, 0.15) is 0 Å². The molecule has 1 rings (SSSR count). The highest BCUT2D eigenvalue weighted by molar-refractivity contribution is 7.10. The first-order chi connectivity index (χ1) is 7.72. The molecule has 0 aromatic carbocycles. The maximum absolute atomic E-state index is 5.97. The van der Waals surface area contributed by atoms with Crippen molar-refractivity contribution in [3.05, 3.63) is 21.3 Å². The quantitative estimate of drug-likeness (QED) is 0.813. The topological polar surface area (TPSA) is 29.3 Å².